The maximum Gasteiger partial charge on any atom is 0.237 e. The van der Waals surface area contributed by atoms with Gasteiger partial charge in [0.15, 0.2) is 0 Å². The van der Waals surface area contributed by atoms with Crippen LogP contribution in [0.15, 0.2) is 0 Å². The second kappa shape index (κ2) is 6.61. The minimum Gasteiger partial charge on any atom is -0.396 e. The molecular formula is C13H24N2O2. The summed E-state index contributed by atoms with van der Waals surface area (Å²) in [5.74, 6) is -0.871. The summed E-state index contributed by atoms with van der Waals surface area (Å²) in [6.45, 7) is 9.75. The van der Waals surface area contributed by atoms with Crippen LogP contribution in [-0.4, -0.2) is 23.7 Å². The Hall–Kier alpha value is -1.08. The molecule has 0 aliphatic heterocycles. The largest absolute Gasteiger partial charge is 0.396 e. The zero-order valence-electron chi connectivity index (χ0n) is 11.4. The van der Waals surface area contributed by atoms with Gasteiger partial charge in [-0.15, -0.1) is 0 Å². The number of aliphatic hydroxyl groups is 1. The van der Waals surface area contributed by atoms with E-state index in [1.54, 1.807) is 0 Å². The Morgan fingerprint density at radius 3 is 2.24 bits per heavy atom. The quantitative estimate of drug-likeness (QED) is 0.768. The Bertz CT molecular complexity index is 287. The summed E-state index contributed by atoms with van der Waals surface area (Å²) in [6, 6.07) is 1.91. The number of hydrogen-bond donors (Lipinski definition) is 2. The molecule has 0 radical (unpaired) electrons. The van der Waals surface area contributed by atoms with Crippen molar-refractivity contribution in [3.8, 4) is 6.07 Å². The third-order valence-electron chi connectivity index (χ3n) is 2.87. The highest BCUT2D eigenvalue weighted by Crippen LogP contribution is 2.22. The molecule has 0 aliphatic carbocycles. The van der Waals surface area contributed by atoms with Crippen LogP contribution in [0.3, 0.4) is 0 Å². The summed E-state index contributed by atoms with van der Waals surface area (Å²) in [7, 11) is 0. The monoisotopic (exact) mass is 240 g/mol. The van der Waals surface area contributed by atoms with Crippen LogP contribution in [0.5, 0.6) is 0 Å². The van der Waals surface area contributed by atoms with Crippen LogP contribution < -0.4 is 5.32 Å². The fourth-order valence-electron chi connectivity index (χ4n) is 1.62. The number of amides is 1. The van der Waals surface area contributed by atoms with Gasteiger partial charge in [0, 0.05) is 12.6 Å². The predicted molar refractivity (Wildman–Crippen MR) is 67.0 cm³/mol. The van der Waals surface area contributed by atoms with Gasteiger partial charge in [-0.3, -0.25) is 4.79 Å². The van der Waals surface area contributed by atoms with Gasteiger partial charge in [-0.05, 0) is 17.8 Å². The average Bonchev–Trinajstić information content (AvgIpc) is 2.16. The van der Waals surface area contributed by atoms with Crippen LogP contribution in [-0.2, 0) is 4.79 Å². The first-order chi connectivity index (χ1) is 7.73. The number of aliphatic hydroxyl groups excluding tert-OH is 1. The Labute approximate surface area is 104 Å². The first-order valence-electron chi connectivity index (χ1n) is 6.04. The summed E-state index contributed by atoms with van der Waals surface area (Å²) < 4.78 is 0. The van der Waals surface area contributed by atoms with E-state index in [4.69, 9.17) is 10.4 Å². The zero-order valence-corrected chi connectivity index (χ0v) is 11.4. The predicted octanol–water partition coefficient (Wildman–Crippen LogP) is 1.70. The van der Waals surface area contributed by atoms with E-state index in [2.05, 4.69) is 5.32 Å². The van der Waals surface area contributed by atoms with E-state index in [9.17, 15) is 4.79 Å². The van der Waals surface area contributed by atoms with Crippen molar-refractivity contribution in [2.24, 2.45) is 17.3 Å². The highest BCUT2D eigenvalue weighted by atomic mass is 16.3. The maximum absolute atomic E-state index is 11.9. The van der Waals surface area contributed by atoms with Gasteiger partial charge >= 0.3 is 0 Å². The van der Waals surface area contributed by atoms with Crippen LogP contribution in [0.1, 0.15) is 41.0 Å². The molecule has 98 valence electrons. The van der Waals surface area contributed by atoms with E-state index in [0.717, 1.165) is 0 Å². The minimum atomic E-state index is -0.626. The fraction of sp³-hybridized carbons (Fsp3) is 0.846. The number of carbonyl (C=O) groups is 1. The summed E-state index contributed by atoms with van der Waals surface area (Å²) in [5.41, 5.74) is -0.130. The number of carbonyl (C=O) groups excluding carboxylic acids is 1. The van der Waals surface area contributed by atoms with Crippen molar-refractivity contribution in [3.63, 3.8) is 0 Å². The first kappa shape index (κ1) is 15.9. The van der Waals surface area contributed by atoms with Crippen LogP contribution >= 0.6 is 0 Å². The van der Waals surface area contributed by atoms with Crippen LogP contribution in [0, 0.1) is 28.6 Å². The lowest BCUT2D eigenvalue weighted by Crippen LogP contribution is -2.47. The van der Waals surface area contributed by atoms with E-state index in [-0.39, 0.29) is 29.9 Å². The van der Waals surface area contributed by atoms with E-state index in [1.165, 1.54) is 0 Å². The molecule has 4 heteroatoms. The second-order valence-electron chi connectivity index (χ2n) is 5.79. The molecule has 0 aromatic rings. The van der Waals surface area contributed by atoms with Crippen molar-refractivity contribution in [2.45, 2.75) is 47.1 Å². The van der Waals surface area contributed by atoms with Gasteiger partial charge in [0.2, 0.25) is 5.91 Å². The van der Waals surface area contributed by atoms with Crippen molar-refractivity contribution < 1.29 is 9.90 Å². The van der Waals surface area contributed by atoms with Crippen molar-refractivity contribution >= 4 is 5.91 Å². The van der Waals surface area contributed by atoms with Gasteiger partial charge in [-0.2, -0.15) is 5.26 Å². The highest BCUT2D eigenvalue weighted by Gasteiger charge is 2.29. The van der Waals surface area contributed by atoms with Crippen molar-refractivity contribution in [1.29, 1.82) is 5.26 Å². The Morgan fingerprint density at radius 1 is 1.41 bits per heavy atom. The van der Waals surface area contributed by atoms with E-state index in [0.29, 0.717) is 6.42 Å². The van der Waals surface area contributed by atoms with Gasteiger partial charge in [0.25, 0.3) is 0 Å². The molecule has 4 nitrogen and oxygen atoms in total. The maximum atomic E-state index is 11.9. The van der Waals surface area contributed by atoms with Crippen molar-refractivity contribution in [3.05, 3.63) is 0 Å². The molecule has 0 aliphatic rings. The number of hydrogen-bond acceptors (Lipinski definition) is 3. The van der Waals surface area contributed by atoms with Gasteiger partial charge in [-0.25, -0.2) is 0 Å². The fourth-order valence-corrected chi connectivity index (χ4v) is 1.62. The molecule has 0 aromatic heterocycles. The molecule has 0 bridgehead atoms. The third kappa shape index (κ3) is 5.18. The lowest BCUT2D eigenvalue weighted by atomic mass is 9.84. The molecule has 0 heterocycles. The minimum absolute atomic E-state index is 0.00487. The Balaban J connectivity index is 4.67. The molecule has 0 saturated carbocycles. The van der Waals surface area contributed by atoms with E-state index >= 15 is 0 Å². The molecule has 0 saturated heterocycles. The van der Waals surface area contributed by atoms with Crippen molar-refractivity contribution in [2.75, 3.05) is 6.61 Å². The summed E-state index contributed by atoms with van der Waals surface area (Å²) >= 11 is 0. The van der Waals surface area contributed by atoms with Crippen LogP contribution in [0.25, 0.3) is 0 Å². The van der Waals surface area contributed by atoms with Gasteiger partial charge in [-0.1, -0.05) is 34.6 Å². The Morgan fingerprint density at radius 2 is 1.94 bits per heavy atom. The van der Waals surface area contributed by atoms with Crippen molar-refractivity contribution in [1.82, 2.24) is 5.32 Å². The number of nitriles is 1. The van der Waals surface area contributed by atoms with Gasteiger partial charge in [0.05, 0.1) is 6.07 Å². The highest BCUT2D eigenvalue weighted by molar-refractivity contribution is 5.81. The van der Waals surface area contributed by atoms with Gasteiger partial charge in [0.1, 0.15) is 5.92 Å². The summed E-state index contributed by atoms with van der Waals surface area (Å²) in [5, 5.41) is 20.8. The molecular weight excluding hydrogens is 216 g/mol. The summed E-state index contributed by atoms with van der Waals surface area (Å²) in [6.07, 6.45) is 0.505. The Kier molecular flexibility index (Phi) is 6.19. The van der Waals surface area contributed by atoms with Crippen LogP contribution in [0.2, 0.25) is 0 Å². The van der Waals surface area contributed by atoms with Gasteiger partial charge < -0.3 is 10.4 Å². The molecule has 1 amide bonds. The third-order valence-corrected chi connectivity index (χ3v) is 2.87. The molecule has 0 spiro atoms. The average molecular weight is 240 g/mol. The lowest BCUT2D eigenvalue weighted by Gasteiger charge is -2.32. The normalized spacial score (nSPS) is 15.2. The van der Waals surface area contributed by atoms with E-state index < -0.39 is 5.92 Å². The molecule has 2 atom stereocenters. The zero-order chi connectivity index (χ0) is 13.6. The molecule has 2 unspecified atom stereocenters. The SMILES string of the molecule is CC(C)C(C#N)C(=O)NC(CCO)C(C)(C)C. The smallest absolute Gasteiger partial charge is 0.237 e. The number of nitrogens with one attached hydrogen (secondary N) is 1. The van der Waals surface area contributed by atoms with Crippen LogP contribution in [0.4, 0.5) is 0 Å². The number of nitrogens with zero attached hydrogens (tertiary/aromatic N) is 1. The van der Waals surface area contributed by atoms with E-state index in [1.807, 2.05) is 40.7 Å². The topological polar surface area (TPSA) is 73.1 Å². The summed E-state index contributed by atoms with van der Waals surface area (Å²) in [4.78, 5) is 11.9. The molecule has 0 fully saturated rings. The molecule has 0 aromatic carbocycles. The first-order valence-corrected chi connectivity index (χ1v) is 6.04. The molecule has 17 heavy (non-hydrogen) atoms. The number of rotatable bonds is 5. The lowest BCUT2D eigenvalue weighted by molar-refractivity contribution is -0.126. The standard InChI is InChI=1S/C13H24N2O2/c1-9(2)10(8-14)12(17)15-11(6-7-16)13(3,4)5/h9-11,16H,6-7H2,1-5H3,(H,15,17). The molecule has 0 rings (SSSR count). The second-order valence-corrected chi connectivity index (χ2v) is 5.79. The molecule has 2 N–H and O–H groups in total.